The third-order valence-corrected chi connectivity index (χ3v) is 4.53. The van der Waals surface area contributed by atoms with Crippen molar-refractivity contribution in [3.8, 4) is 0 Å². The van der Waals surface area contributed by atoms with Gasteiger partial charge in [-0.1, -0.05) is 6.42 Å². The molecule has 0 spiro atoms. The predicted molar refractivity (Wildman–Crippen MR) is 80.6 cm³/mol. The van der Waals surface area contributed by atoms with Crippen LogP contribution in [0.1, 0.15) is 51.9 Å². The molecule has 4 N–H and O–H groups in total. The molecule has 2 rings (SSSR count). The molecule has 2 fully saturated rings. The molecule has 0 aromatic carbocycles. The number of amides is 2. The molecule has 0 aromatic heterocycles. The fraction of sp³-hybridized carbons (Fsp3) is 0.857. The van der Waals surface area contributed by atoms with Gasteiger partial charge in [-0.25, -0.2) is 0 Å². The van der Waals surface area contributed by atoms with Crippen LogP contribution in [0.25, 0.3) is 0 Å². The quantitative estimate of drug-likeness (QED) is 0.730. The molecule has 0 radical (unpaired) electrons. The largest absolute Gasteiger partial charge is 0.369 e. The van der Waals surface area contributed by atoms with Crippen LogP contribution in [0.5, 0.6) is 0 Å². The molecule has 3 unspecified atom stereocenters. The summed E-state index contributed by atoms with van der Waals surface area (Å²) in [7, 11) is 0. The van der Waals surface area contributed by atoms with Crippen LogP contribution in [-0.2, 0) is 9.59 Å². The van der Waals surface area contributed by atoms with Crippen molar-refractivity contribution < 1.29 is 9.59 Å². The van der Waals surface area contributed by atoms with Gasteiger partial charge in [0.15, 0.2) is 0 Å². The van der Waals surface area contributed by atoms with E-state index < -0.39 is 5.54 Å². The number of carbonyl (C=O) groups is 2. The molecular weight excluding hydrogens is 278 g/mol. The highest BCUT2D eigenvalue weighted by Gasteiger charge is 2.36. The second kappa shape index (κ2) is 7.27. The monoisotopic (exact) mass is 303 g/mol. The Morgan fingerprint density at radius 3 is 2.60 bits per heavy atom. The van der Waals surface area contributed by atoms with Crippen molar-refractivity contribution in [3.63, 3.8) is 0 Å². The third-order valence-electron chi connectivity index (χ3n) is 4.53. The number of primary amides is 1. The molecule has 0 bridgehead atoms. The lowest BCUT2D eigenvalue weighted by Gasteiger charge is -2.36. The van der Waals surface area contributed by atoms with Gasteiger partial charge in [-0.2, -0.15) is 0 Å². The fourth-order valence-electron chi connectivity index (χ4n) is 3.17. The third kappa shape index (κ3) is 4.09. The van der Waals surface area contributed by atoms with Crippen LogP contribution in [0.15, 0.2) is 0 Å². The number of halogens is 1. The van der Waals surface area contributed by atoms with Gasteiger partial charge in [-0.05, 0) is 52.0 Å². The van der Waals surface area contributed by atoms with Crippen LogP contribution in [-0.4, -0.2) is 29.9 Å². The Kier molecular flexibility index (Phi) is 6.27. The number of rotatable bonds is 3. The van der Waals surface area contributed by atoms with Crippen LogP contribution in [0.4, 0.5) is 0 Å². The first-order valence-electron chi connectivity index (χ1n) is 7.36. The Morgan fingerprint density at radius 2 is 2.00 bits per heavy atom. The lowest BCUT2D eigenvalue weighted by Crippen LogP contribution is -2.59. The van der Waals surface area contributed by atoms with Crippen molar-refractivity contribution in [2.75, 3.05) is 6.54 Å². The van der Waals surface area contributed by atoms with Gasteiger partial charge >= 0.3 is 0 Å². The number of carbonyl (C=O) groups excluding carboxylic acids is 2. The standard InChI is InChI=1S/C14H25N3O2.ClH/c1-14(7-2-3-8-16-14)13(19)17-11-6-4-5-10(9-11)12(15)18;/h10-11,16H,2-9H2,1H3,(H2,15,18)(H,17,19);1H. The Morgan fingerprint density at radius 1 is 1.25 bits per heavy atom. The molecular formula is C14H26ClN3O2. The van der Waals surface area contributed by atoms with Crippen LogP contribution in [0, 0.1) is 5.92 Å². The van der Waals surface area contributed by atoms with E-state index in [9.17, 15) is 9.59 Å². The van der Waals surface area contributed by atoms with E-state index >= 15 is 0 Å². The zero-order valence-electron chi connectivity index (χ0n) is 12.1. The normalized spacial score (nSPS) is 33.9. The van der Waals surface area contributed by atoms with E-state index in [-0.39, 0.29) is 36.2 Å². The first-order valence-corrected chi connectivity index (χ1v) is 7.36. The van der Waals surface area contributed by atoms with Gasteiger partial charge in [0, 0.05) is 12.0 Å². The predicted octanol–water partition coefficient (Wildman–Crippen LogP) is 1.10. The maximum Gasteiger partial charge on any atom is 0.240 e. The fourth-order valence-corrected chi connectivity index (χ4v) is 3.17. The van der Waals surface area contributed by atoms with E-state index in [0.29, 0.717) is 6.42 Å². The van der Waals surface area contributed by atoms with Crippen molar-refractivity contribution in [2.45, 2.75) is 63.5 Å². The Hall–Kier alpha value is -0.810. The molecule has 3 atom stereocenters. The molecule has 1 aliphatic heterocycles. The highest BCUT2D eigenvalue weighted by Crippen LogP contribution is 2.25. The van der Waals surface area contributed by atoms with Gasteiger partial charge in [-0.15, -0.1) is 12.4 Å². The molecule has 2 aliphatic rings. The van der Waals surface area contributed by atoms with E-state index in [0.717, 1.165) is 45.1 Å². The minimum atomic E-state index is -0.447. The minimum Gasteiger partial charge on any atom is -0.369 e. The van der Waals surface area contributed by atoms with Crippen molar-refractivity contribution >= 4 is 24.2 Å². The Labute approximate surface area is 126 Å². The smallest absolute Gasteiger partial charge is 0.240 e. The van der Waals surface area contributed by atoms with Gasteiger partial charge in [-0.3, -0.25) is 9.59 Å². The van der Waals surface area contributed by atoms with Crippen molar-refractivity contribution in [2.24, 2.45) is 11.7 Å². The van der Waals surface area contributed by atoms with Crippen molar-refractivity contribution in [3.05, 3.63) is 0 Å². The first-order chi connectivity index (χ1) is 9.01. The Bertz CT molecular complexity index is 356. The van der Waals surface area contributed by atoms with Crippen LogP contribution in [0.2, 0.25) is 0 Å². The molecule has 1 saturated heterocycles. The zero-order valence-corrected chi connectivity index (χ0v) is 12.9. The molecule has 2 amide bonds. The highest BCUT2D eigenvalue weighted by atomic mass is 35.5. The lowest BCUT2D eigenvalue weighted by atomic mass is 9.84. The maximum atomic E-state index is 12.4. The van der Waals surface area contributed by atoms with Gasteiger partial charge in [0.25, 0.3) is 0 Å². The van der Waals surface area contributed by atoms with E-state index in [1.54, 1.807) is 0 Å². The van der Waals surface area contributed by atoms with E-state index in [4.69, 9.17) is 5.73 Å². The molecule has 1 heterocycles. The average molecular weight is 304 g/mol. The van der Waals surface area contributed by atoms with Gasteiger partial charge in [0.2, 0.25) is 11.8 Å². The van der Waals surface area contributed by atoms with Gasteiger partial charge < -0.3 is 16.4 Å². The summed E-state index contributed by atoms with van der Waals surface area (Å²) >= 11 is 0. The van der Waals surface area contributed by atoms with Crippen molar-refractivity contribution in [1.82, 2.24) is 10.6 Å². The molecule has 116 valence electrons. The second-order valence-corrected chi connectivity index (χ2v) is 6.15. The lowest BCUT2D eigenvalue weighted by molar-refractivity contribution is -0.130. The van der Waals surface area contributed by atoms with E-state index in [1.165, 1.54) is 0 Å². The molecule has 20 heavy (non-hydrogen) atoms. The summed E-state index contributed by atoms with van der Waals surface area (Å²) < 4.78 is 0. The van der Waals surface area contributed by atoms with Crippen LogP contribution < -0.4 is 16.4 Å². The van der Waals surface area contributed by atoms with Crippen LogP contribution >= 0.6 is 12.4 Å². The summed E-state index contributed by atoms with van der Waals surface area (Å²) in [5.41, 5.74) is 4.92. The summed E-state index contributed by atoms with van der Waals surface area (Å²) in [6.45, 7) is 2.87. The van der Waals surface area contributed by atoms with E-state index in [2.05, 4.69) is 10.6 Å². The highest BCUT2D eigenvalue weighted by molar-refractivity contribution is 5.86. The number of nitrogens with one attached hydrogen (secondary N) is 2. The summed E-state index contributed by atoms with van der Waals surface area (Å²) in [4.78, 5) is 23.6. The molecule has 1 aliphatic carbocycles. The second-order valence-electron chi connectivity index (χ2n) is 6.15. The number of nitrogens with two attached hydrogens (primary N) is 1. The first kappa shape index (κ1) is 17.2. The summed E-state index contributed by atoms with van der Waals surface area (Å²) in [6.07, 6.45) is 6.56. The SMILES string of the molecule is CC1(C(=O)NC2CCCC(C(N)=O)C2)CCCCN1.Cl. The Balaban J connectivity index is 0.00000200. The van der Waals surface area contributed by atoms with Gasteiger partial charge in [0.05, 0.1) is 5.54 Å². The molecule has 0 aromatic rings. The van der Waals surface area contributed by atoms with Crippen LogP contribution in [0.3, 0.4) is 0 Å². The average Bonchev–Trinajstić information content (AvgIpc) is 2.40. The topological polar surface area (TPSA) is 84.2 Å². The molecule has 6 heteroatoms. The number of piperidine rings is 1. The number of hydrogen-bond donors (Lipinski definition) is 3. The zero-order chi connectivity index (χ0) is 13.9. The minimum absolute atomic E-state index is 0. The van der Waals surface area contributed by atoms with Gasteiger partial charge in [0.1, 0.15) is 0 Å². The molecule has 1 saturated carbocycles. The summed E-state index contributed by atoms with van der Waals surface area (Å²) in [5, 5.41) is 6.42. The maximum absolute atomic E-state index is 12.4. The summed E-state index contributed by atoms with van der Waals surface area (Å²) in [5.74, 6) is -0.241. The number of hydrogen-bond acceptors (Lipinski definition) is 3. The van der Waals surface area contributed by atoms with E-state index in [1.807, 2.05) is 6.92 Å². The summed E-state index contributed by atoms with van der Waals surface area (Å²) in [6, 6.07) is 0.0966. The van der Waals surface area contributed by atoms with Crippen molar-refractivity contribution in [1.29, 1.82) is 0 Å². The molecule has 5 nitrogen and oxygen atoms in total.